The smallest absolute Gasteiger partial charge is 0.494 e. The first-order valence-corrected chi connectivity index (χ1v) is 8.88. The average molecular weight is 398 g/mol. The zero-order valence-electron chi connectivity index (χ0n) is 15.4. The quantitative estimate of drug-likeness (QED) is 0.482. The molecule has 4 nitrogen and oxygen atoms in total. The Labute approximate surface area is 164 Å². The fraction of sp³-hybridized carbons (Fsp3) is 0.136. The highest BCUT2D eigenvalue weighted by Crippen LogP contribution is 2.34. The lowest BCUT2D eigenvalue weighted by Gasteiger charge is -2.10. The van der Waals surface area contributed by atoms with E-state index >= 15 is 0 Å². The summed E-state index contributed by atoms with van der Waals surface area (Å²) in [6, 6.07) is 13.4. The average Bonchev–Trinajstić information content (AvgIpc) is 2.99. The SMILES string of the molecule is Cc1cc(-c2cccnc2)cc2cn(Cc3ccc(OC(F)(F)F)cc3)c(O)c12. The van der Waals surface area contributed by atoms with Gasteiger partial charge in [-0.25, -0.2) is 0 Å². The number of aromatic nitrogens is 2. The van der Waals surface area contributed by atoms with Gasteiger partial charge in [0.15, 0.2) is 5.88 Å². The van der Waals surface area contributed by atoms with Crippen LogP contribution in [0.25, 0.3) is 21.9 Å². The Morgan fingerprint density at radius 2 is 1.83 bits per heavy atom. The van der Waals surface area contributed by atoms with Crippen LogP contribution in [0.2, 0.25) is 0 Å². The largest absolute Gasteiger partial charge is 0.573 e. The van der Waals surface area contributed by atoms with E-state index in [2.05, 4.69) is 9.72 Å². The molecule has 4 aromatic rings. The lowest BCUT2D eigenvalue weighted by atomic mass is 10.0. The number of fused-ring (bicyclic) bond motifs is 1. The van der Waals surface area contributed by atoms with Gasteiger partial charge in [0.1, 0.15) is 5.75 Å². The molecule has 0 fully saturated rings. The molecule has 4 rings (SSSR count). The van der Waals surface area contributed by atoms with Gasteiger partial charge >= 0.3 is 6.36 Å². The van der Waals surface area contributed by atoms with Gasteiger partial charge in [0, 0.05) is 34.9 Å². The molecule has 29 heavy (non-hydrogen) atoms. The van der Waals surface area contributed by atoms with Crippen molar-refractivity contribution in [2.75, 3.05) is 0 Å². The minimum atomic E-state index is -4.72. The van der Waals surface area contributed by atoms with E-state index in [1.807, 2.05) is 37.4 Å². The number of ether oxygens (including phenoxy) is 1. The molecule has 0 amide bonds. The lowest BCUT2D eigenvalue weighted by molar-refractivity contribution is -0.274. The highest BCUT2D eigenvalue weighted by molar-refractivity contribution is 5.94. The van der Waals surface area contributed by atoms with Crippen LogP contribution < -0.4 is 4.74 Å². The van der Waals surface area contributed by atoms with Crippen molar-refractivity contribution in [3.8, 4) is 22.8 Å². The van der Waals surface area contributed by atoms with Gasteiger partial charge in [-0.05, 0) is 47.9 Å². The summed E-state index contributed by atoms with van der Waals surface area (Å²) in [4.78, 5) is 4.14. The molecule has 0 bridgehead atoms. The second-order valence-corrected chi connectivity index (χ2v) is 6.77. The predicted molar refractivity (Wildman–Crippen MR) is 104 cm³/mol. The second-order valence-electron chi connectivity index (χ2n) is 6.77. The number of hydrogen-bond donors (Lipinski definition) is 1. The summed E-state index contributed by atoms with van der Waals surface area (Å²) < 4.78 is 42.4. The van der Waals surface area contributed by atoms with E-state index in [0.717, 1.165) is 33.0 Å². The molecule has 7 heteroatoms. The molecular formula is C22H17F3N2O2. The summed E-state index contributed by atoms with van der Waals surface area (Å²) in [6.45, 7) is 2.24. The third kappa shape index (κ3) is 4.03. The lowest BCUT2D eigenvalue weighted by Crippen LogP contribution is -2.17. The van der Waals surface area contributed by atoms with Crippen molar-refractivity contribution >= 4 is 10.8 Å². The second kappa shape index (κ2) is 7.16. The van der Waals surface area contributed by atoms with Crippen LogP contribution in [-0.2, 0) is 6.54 Å². The van der Waals surface area contributed by atoms with Crippen molar-refractivity contribution < 1.29 is 23.0 Å². The van der Waals surface area contributed by atoms with Crippen molar-refractivity contribution in [2.45, 2.75) is 19.8 Å². The normalized spacial score (nSPS) is 11.7. The highest BCUT2D eigenvalue weighted by atomic mass is 19.4. The Balaban J connectivity index is 1.65. The monoisotopic (exact) mass is 398 g/mol. The van der Waals surface area contributed by atoms with Gasteiger partial charge in [-0.3, -0.25) is 4.98 Å². The van der Waals surface area contributed by atoms with Crippen LogP contribution >= 0.6 is 0 Å². The van der Waals surface area contributed by atoms with Gasteiger partial charge in [0.25, 0.3) is 0 Å². The van der Waals surface area contributed by atoms with E-state index < -0.39 is 6.36 Å². The molecule has 1 N–H and O–H groups in total. The van der Waals surface area contributed by atoms with Gasteiger partial charge in [-0.1, -0.05) is 24.3 Å². The van der Waals surface area contributed by atoms with Crippen molar-refractivity contribution in [2.24, 2.45) is 0 Å². The molecule has 0 unspecified atom stereocenters. The first-order valence-electron chi connectivity index (χ1n) is 8.88. The van der Waals surface area contributed by atoms with E-state index in [9.17, 15) is 18.3 Å². The minimum Gasteiger partial charge on any atom is -0.494 e. The Hall–Kier alpha value is -3.48. The molecular weight excluding hydrogens is 381 g/mol. The number of hydrogen-bond acceptors (Lipinski definition) is 3. The number of rotatable bonds is 4. The van der Waals surface area contributed by atoms with E-state index in [4.69, 9.17) is 0 Å². The van der Waals surface area contributed by atoms with Crippen LogP contribution in [0, 0.1) is 6.92 Å². The Kier molecular flexibility index (Phi) is 4.66. The first-order chi connectivity index (χ1) is 13.8. The fourth-order valence-corrected chi connectivity index (χ4v) is 3.41. The molecule has 0 aliphatic heterocycles. The Morgan fingerprint density at radius 3 is 2.48 bits per heavy atom. The maximum atomic E-state index is 12.3. The third-order valence-electron chi connectivity index (χ3n) is 4.66. The number of aromatic hydroxyl groups is 1. The molecule has 0 spiro atoms. The van der Waals surface area contributed by atoms with Crippen molar-refractivity contribution in [3.05, 3.63) is 78.2 Å². The van der Waals surface area contributed by atoms with E-state index in [0.29, 0.717) is 6.54 Å². The summed E-state index contributed by atoms with van der Waals surface area (Å²) in [6.07, 6.45) is 0.601. The van der Waals surface area contributed by atoms with Gasteiger partial charge in [0.05, 0.1) is 6.54 Å². The number of halogens is 3. The van der Waals surface area contributed by atoms with E-state index in [-0.39, 0.29) is 11.6 Å². The number of nitrogens with zero attached hydrogens (tertiary/aromatic N) is 2. The highest BCUT2D eigenvalue weighted by Gasteiger charge is 2.30. The molecule has 0 radical (unpaired) electrons. The first kappa shape index (κ1) is 18.9. The number of pyridine rings is 1. The van der Waals surface area contributed by atoms with Crippen LogP contribution in [0.15, 0.2) is 67.1 Å². The van der Waals surface area contributed by atoms with Gasteiger partial charge < -0.3 is 14.4 Å². The van der Waals surface area contributed by atoms with Crippen molar-refractivity contribution in [1.29, 1.82) is 0 Å². The molecule has 0 aliphatic carbocycles. The van der Waals surface area contributed by atoms with Crippen LogP contribution in [-0.4, -0.2) is 21.0 Å². The maximum Gasteiger partial charge on any atom is 0.573 e. The van der Waals surface area contributed by atoms with Crippen molar-refractivity contribution in [3.63, 3.8) is 0 Å². The van der Waals surface area contributed by atoms with Crippen LogP contribution in [0.5, 0.6) is 11.6 Å². The molecule has 2 aromatic carbocycles. The summed E-state index contributed by atoms with van der Waals surface area (Å²) in [7, 11) is 0. The molecule has 0 saturated carbocycles. The zero-order valence-corrected chi connectivity index (χ0v) is 15.4. The van der Waals surface area contributed by atoms with Crippen LogP contribution in [0.4, 0.5) is 13.2 Å². The molecule has 2 aromatic heterocycles. The van der Waals surface area contributed by atoms with Crippen molar-refractivity contribution in [1.82, 2.24) is 9.55 Å². The van der Waals surface area contributed by atoms with Gasteiger partial charge in [-0.2, -0.15) is 0 Å². The van der Waals surface area contributed by atoms with Crippen LogP contribution in [0.3, 0.4) is 0 Å². The number of alkyl halides is 3. The van der Waals surface area contributed by atoms with Gasteiger partial charge in [-0.15, -0.1) is 13.2 Å². The summed E-state index contributed by atoms with van der Waals surface area (Å²) in [5.74, 6) is -0.161. The number of aryl methyl sites for hydroxylation is 1. The number of benzene rings is 2. The third-order valence-corrected chi connectivity index (χ3v) is 4.66. The summed E-state index contributed by atoms with van der Waals surface area (Å²) in [5, 5.41) is 12.3. The van der Waals surface area contributed by atoms with E-state index in [1.165, 1.54) is 12.1 Å². The Bertz CT molecular complexity index is 1150. The molecule has 0 aliphatic rings. The van der Waals surface area contributed by atoms with Gasteiger partial charge in [0.2, 0.25) is 0 Å². The zero-order chi connectivity index (χ0) is 20.6. The molecule has 0 atom stereocenters. The van der Waals surface area contributed by atoms with Crippen LogP contribution in [0.1, 0.15) is 11.1 Å². The summed E-state index contributed by atoms with van der Waals surface area (Å²) >= 11 is 0. The standard InChI is InChI=1S/C22H17F3N2O2/c1-14-9-17(16-3-2-8-26-11-16)10-18-13-27(21(28)20(14)18)12-15-4-6-19(7-5-15)29-22(23,24)25/h2-11,13,28H,12H2,1H3. The van der Waals surface area contributed by atoms with E-state index in [1.54, 1.807) is 29.1 Å². The fourth-order valence-electron chi connectivity index (χ4n) is 3.41. The summed E-state index contributed by atoms with van der Waals surface area (Å²) in [5.41, 5.74) is 3.63. The Morgan fingerprint density at radius 1 is 1.07 bits per heavy atom. The maximum absolute atomic E-state index is 12.3. The molecule has 148 valence electrons. The molecule has 2 heterocycles. The predicted octanol–water partition coefficient (Wildman–Crippen LogP) is 5.66. The topological polar surface area (TPSA) is 47.3 Å². The molecule has 0 saturated heterocycles. The minimum absolute atomic E-state index is 0.117.